The first-order valence-electron chi connectivity index (χ1n) is 24.3. The van der Waals surface area contributed by atoms with Crippen molar-refractivity contribution in [3.8, 4) is 11.1 Å². The molecule has 0 amide bonds. The molecule has 42 heavy (non-hydrogen) atoms. The SMILES string of the molecule is [2H]c1cc2c(c([2H])c1[2H])c1c([2H])c([2H])c([2H])c([2H])c1c1c3c([2H])c([2H])c([2H])c([2H])c3c3c([2H])c(-c4c([2H])c([2H])c5c([2H])c([2H])c6c([2H])c([2H])c([2H])c7c([2H])c([2H])c4c5c67)c([2H])c([2H])c3c21. The minimum atomic E-state index is -0.876. The molecule has 0 spiro atoms. The first-order valence-corrected chi connectivity index (χ1v) is 12.8. The van der Waals surface area contributed by atoms with E-state index in [1.54, 1.807) is 0 Å². The van der Waals surface area contributed by atoms with Gasteiger partial charge in [-0.05, 0) is 103 Å². The molecule has 0 unspecified atom stereocenters. The van der Waals surface area contributed by atoms with Gasteiger partial charge in [-0.15, -0.1) is 0 Å². The number of fused-ring (bicyclic) bond motifs is 11. The monoisotopic (exact) mass is 551 g/mol. The third-order valence-electron chi connectivity index (χ3n) is 7.76. The van der Waals surface area contributed by atoms with Gasteiger partial charge >= 0.3 is 0 Å². The van der Waals surface area contributed by atoms with Crippen molar-refractivity contribution in [2.45, 2.75) is 0 Å². The van der Waals surface area contributed by atoms with Gasteiger partial charge in [-0.1, -0.05) is 139 Å². The Bertz CT molecular complexity index is 4000. The Kier molecular flexibility index (Phi) is 1.88. The maximum atomic E-state index is 10.0. The normalized spacial score (nSPS) is 20.0. The van der Waals surface area contributed by atoms with Crippen molar-refractivity contribution in [2.24, 2.45) is 0 Å². The second-order valence-corrected chi connectivity index (χ2v) is 9.83. The van der Waals surface area contributed by atoms with Gasteiger partial charge < -0.3 is 0 Å². The molecule has 0 saturated heterocycles. The summed E-state index contributed by atoms with van der Waals surface area (Å²) >= 11 is 0. The van der Waals surface area contributed by atoms with Crippen molar-refractivity contribution in [1.29, 1.82) is 0 Å². The molecule has 0 saturated carbocycles. The number of hydrogen-bond acceptors (Lipinski definition) is 0. The maximum absolute atomic E-state index is 10.0. The zero-order valence-corrected chi connectivity index (χ0v) is 21.1. The summed E-state index contributed by atoms with van der Waals surface area (Å²) in [7, 11) is 0. The molecule has 192 valence electrons. The molecule has 10 aromatic rings. The average molecular weight is 552 g/mol. The van der Waals surface area contributed by atoms with Gasteiger partial charge in [-0.2, -0.15) is 0 Å². The highest BCUT2D eigenvalue weighted by Gasteiger charge is 2.17. The highest BCUT2D eigenvalue weighted by atomic mass is 14.2. The van der Waals surface area contributed by atoms with Crippen molar-refractivity contribution in [3.63, 3.8) is 0 Å². The first kappa shape index (κ1) is 9.82. The standard InChI is InChI=1S/C42H24/c1-4-13-33-30(10-1)31-11-2-5-14-34(31)42-37-23-20-28(24-38(37)32-12-3-6-15-35(32)41(33)42)29-21-18-27-17-16-25-8-7-9-26-19-22-36(29)40(27)39(25)26/h1-24H/i1D,2D,3D,4D,5D,6D,7D,8D,9D,10D,11D,12D,13D,15D,16D,17D,18D,19D,20D,21D,22D,23D,24D. The number of benzene rings is 10. The van der Waals surface area contributed by atoms with E-state index < -0.39 is 182 Å². The molecule has 0 radical (unpaired) electrons. The van der Waals surface area contributed by atoms with E-state index in [1.807, 2.05) is 0 Å². The molecule has 10 rings (SSSR count). The van der Waals surface area contributed by atoms with Crippen LogP contribution in [-0.4, -0.2) is 0 Å². The maximum Gasteiger partial charge on any atom is 0.0636 e. The van der Waals surface area contributed by atoms with Gasteiger partial charge in [0.15, 0.2) is 0 Å². The fourth-order valence-electron chi connectivity index (χ4n) is 6.04. The summed E-state index contributed by atoms with van der Waals surface area (Å²) in [6.07, 6.45) is 0. The Morgan fingerprint density at radius 2 is 0.833 bits per heavy atom. The summed E-state index contributed by atoms with van der Waals surface area (Å²) in [6, 6.07) is -15.8. The van der Waals surface area contributed by atoms with Gasteiger partial charge in [0, 0.05) is 0 Å². The van der Waals surface area contributed by atoms with Crippen LogP contribution >= 0.6 is 0 Å². The smallest absolute Gasteiger partial charge is 0.0616 e. The molecule has 0 aliphatic carbocycles. The second-order valence-electron chi connectivity index (χ2n) is 9.83. The molecule has 10 aromatic carbocycles. The predicted octanol–water partition coefficient (Wildman–Crippen LogP) is 12.0. The van der Waals surface area contributed by atoms with Gasteiger partial charge in [-0.25, -0.2) is 0 Å². The minimum Gasteiger partial charge on any atom is -0.0616 e. The van der Waals surface area contributed by atoms with Crippen LogP contribution in [0.25, 0.3) is 97.3 Å². The summed E-state index contributed by atoms with van der Waals surface area (Å²) in [5, 5.41) is -5.55. The summed E-state index contributed by atoms with van der Waals surface area (Å²) in [5.41, 5.74) is -1.23. The molecule has 0 nitrogen and oxygen atoms in total. The molecule has 0 heteroatoms. The zero-order chi connectivity index (χ0) is 47.4. The molecule has 0 heterocycles. The van der Waals surface area contributed by atoms with E-state index in [9.17, 15) is 12.3 Å². The minimum absolute atomic E-state index is 0.187. The van der Waals surface area contributed by atoms with E-state index in [1.165, 1.54) is 0 Å². The molecule has 0 aliphatic rings. The van der Waals surface area contributed by atoms with Crippen molar-refractivity contribution in [3.05, 3.63) is 145 Å². The second kappa shape index (κ2) is 8.06. The van der Waals surface area contributed by atoms with E-state index in [4.69, 9.17) is 19.2 Å². The van der Waals surface area contributed by atoms with Crippen molar-refractivity contribution >= 4 is 86.2 Å². The van der Waals surface area contributed by atoms with Crippen LogP contribution < -0.4 is 0 Å². The van der Waals surface area contributed by atoms with E-state index in [0.717, 1.165) is 6.07 Å². The summed E-state index contributed by atoms with van der Waals surface area (Å²) in [6.45, 7) is 0. The summed E-state index contributed by atoms with van der Waals surface area (Å²) in [5.74, 6) is 0. The highest BCUT2D eigenvalue weighted by molar-refractivity contribution is 6.39. The Morgan fingerprint density at radius 1 is 0.310 bits per heavy atom. The molecule has 0 bridgehead atoms. The van der Waals surface area contributed by atoms with Crippen molar-refractivity contribution in [1.82, 2.24) is 0 Å². The molecule has 0 aromatic heterocycles. The highest BCUT2D eigenvalue weighted by Crippen LogP contribution is 2.45. The average Bonchev–Trinajstić information content (AvgIpc) is 3.27. The van der Waals surface area contributed by atoms with Gasteiger partial charge in [0.1, 0.15) is 0 Å². The third-order valence-corrected chi connectivity index (χ3v) is 7.76. The molecule has 0 aliphatic heterocycles. The molecule has 0 fully saturated rings. The Balaban J connectivity index is 1.59. The largest absolute Gasteiger partial charge is 0.0636 e. The van der Waals surface area contributed by atoms with Crippen LogP contribution in [0, 0.1) is 0 Å². The Hall–Kier alpha value is -5.46. The quantitative estimate of drug-likeness (QED) is 0.178. The lowest BCUT2D eigenvalue weighted by Gasteiger charge is -2.18. The van der Waals surface area contributed by atoms with E-state index in [0.29, 0.717) is 0 Å². The lowest BCUT2D eigenvalue weighted by molar-refractivity contribution is 1.71. The van der Waals surface area contributed by atoms with Crippen LogP contribution in [0.2, 0.25) is 0 Å². The number of rotatable bonds is 1. The lowest BCUT2D eigenvalue weighted by Crippen LogP contribution is -1.90. The fourth-order valence-corrected chi connectivity index (χ4v) is 6.04. The first-order chi connectivity index (χ1) is 30.4. The van der Waals surface area contributed by atoms with E-state index in [2.05, 4.69) is 0 Å². The topological polar surface area (TPSA) is 0 Å². The molecular weight excluding hydrogens is 504 g/mol. The van der Waals surface area contributed by atoms with E-state index >= 15 is 0 Å². The third kappa shape index (κ3) is 2.81. The predicted molar refractivity (Wildman–Crippen MR) is 183 cm³/mol. The zero-order valence-electron chi connectivity index (χ0n) is 44.1. The van der Waals surface area contributed by atoms with Crippen LogP contribution in [0.15, 0.2) is 145 Å². The van der Waals surface area contributed by atoms with Crippen molar-refractivity contribution < 1.29 is 31.5 Å². The fraction of sp³-hybridized carbons (Fsp3) is 0. The van der Waals surface area contributed by atoms with Crippen LogP contribution in [0.4, 0.5) is 0 Å². The molecular formula is C42H24. The number of hydrogen-bond donors (Lipinski definition) is 0. The van der Waals surface area contributed by atoms with Gasteiger partial charge in [0.2, 0.25) is 0 Å². The van der Waals surface area contributed by atoms with Crippen molar-refractivity contribution in [2.75, 3.05) is 0 Å². The Labute approximate surface area is 274 Å². The van der Waals surface area contributed by atoms with Gasteiger partial charge in [0.05, 0.1) is 31.5 Å². The summed E-state index contributed by atoms with van der Waals surface area (Å²) in [4.78, 5) is 0. The van der Waals surface area contributed by atoms with Crippen LogP contribution in [0.3, 0.4) is 0 Å². The van der Waals surface area contributed by atoms with Gasteiger partial charge in [0.25, 0.3) is 0 Å². The van der Waals surface area contributed by atoms with Gasteiger partial charge in [-0.3, -0.25) is 0 Å². The molecule has 0 atom stereocenters. The van der Waals surface area contributed by atoms with Crippen LogP contribution in [0.5, 0.6) is 0 Å². The van der Waals surface area contributed by atoms with Crippen LogP contribution in [0.1, 0.15) is 31.5 Å². The lowest BCUT2D eigenvalue weighted by atomic mass is 9.85. The van der Waals surface area contributed by atoms with Crippen LogP contribution in [-0.2, 0) is 0 Å². The van der Waals surface area contributed by atoms with E-state index in [-0.39, 0.29) is 53.9 Å². The molecule has 0 N–H and O–H groups in total. The Morgan fingerprint density at radius 3 is 1.60 bits per heavy atom. The summed E-state index contributed by atoms with van der Waals surface area (Å²) < 4.78 is 208.